The van der Waals surface area contributed by atoms with Crippen LogP contribution in [0.3, 0.4) is 0 Å². The Kier molecular flexibility index (Phi) is 6.39. The number of amides is 2. The molecule has 0 saturated carbocycles. The van der Waals surface area contributed by atoms with E-state index in [9.17, 15) is 9.59 Å². The fourth-order valence-corrected chi connectivity index (χ4v) is 2.20. The maximum atomic E-state index is 12.0. The van der Waals surface area contributed by atoms with E-state index >= 15 is 0 Å². The highest BCUT2D eigenvalue weighted by Crippen LogP contribution is 2.27. The number of nitrogens with one attached hydrogen (secondary N) is 2. The number of ether oxygens (including phenoxy) is 2. The molecule has 0 unspecified atom stereocenters. The molecule has 0 radical (unpaired) electrons. The summed E-state index contributed by atoms with van der Waals surface area (Å²) in [5.74, 6) is 0.650. The van der Waals surface area contributed by atoms with Crippen molar-refractivity contribution in [2.24, 2.45) is 0 Å². The van der Waals surface area contributed by atoms with Crippen LogP contribution in [0.2, 0.25) is 0 Å². The third kappa shape index (κ3) is 5.24. The van der Waals surface area contributed by atoms with Crippen LogP contribution in [-0.2, 0) is 4.79 Å². The molecular formula is C19H22N2O4. The SMILES string of the molecule is CCNC(=O)c1ccc(NC(=O)COc2ccc(C)cc2OC)cc1. The van der Waals surface area contributed by atoms with Gasteiger partial charge in [-0.3, -0.25) is 9.59 Å². The molecule has 0 aromatic heterocycles. The summed E-state index contributed by atoms with van der Waals surface area (Å²) in [6, 6.07) is 12.2. The zero-order chi connectivity index (χ0) is 18.2. The Bertz CT molecular complexity index is 742. The van der Waals surface area contributed by atoms with Crippen molar-refractivity contribution in [3.8, 4) is 11.5 Å². The third-order valence-electron chi connectivity index (χ3n) is 3.45. The predicted molar refractivity (Wildman–Crippen MR) is 96.3 cm³/mol. The van der Waals surface area contributed by atoms with E-state index in [1.54, 1.807) is 37.4 Å². The summed E-state index contributed by atoms with van der Waals surface area (Å²) in [5, 5.41) is 5.44. The Morgan fingerprint density at radius 2 is 1.76 bits per heavy atom. The topological polar surface area (TPSA) is 76.7 Å². The van der Waals surface area contributed by atoms with Gasteiger partial charge in [0.2, 0.25) is 0 Å². The summed E-state index contributed by atoms with van der Waals surface area (Å²) in [5.41, 5.74) is 2.18. The van der Waals surface area contributed by atoms with Crippen LogP contribution < -0.4 is 20.1 Å². The fourth-order valence-electron chi connectivity index (χ4n) is 2.20. The van der Waals surface area contributed by atoms with E-state index in [2.05, 4.69) is 10.6 Å². The molecule has 2 aromatic carbocycles. The van der Waals surface area contributed by atoms with E-state index in [1.165, 1.54) is 0 Å². The Morgan fingerprint density at radius 3 is 2.40 bits per heavy atom. The highest BCUT2D eigenvalue weighted by atomic mass is 16.5. The van der Waals surface area contributed by atoms with Gasteiger partial charge in [0.25, 0.3) is 11.8 Å². The molecule has 2 N–H and O–H groups in total. The molecule has 0 atom stereocenters. The van der Waals surface area contributed by atoms with Crippen LogP contribution in [0.5, 0.6) is 11.5 Å². The highest BCUT2D eigenvalue weighted by molar-refractivity contribution is 5.96. The van der Waals surface area contributed by atoms with Gasteiger partial charge in [-0.15, -0.1) is 0 Å². The molecule has 0 spiro atoms. The molecule has 6 nitrogen and oxygen atoms in total. The number of methoxy groups -OCH3 is 1. The van der Waals surface area contributed by atoms with Gasteiger partial charge in [-0.05, 0) is 55.8 Å². The first kappa shape index (κ1) is 18.3. The van der Waals surface area contributed by atoms with Crippen molar-refractivity contribution < 1.29 is 19.1 Å². The summed E-state index contributed by atoms with van der Waals surface area (Å²) < 4.78 is 10.7. The van der Waals surface area contributed by atoms with Gasteiger partial charge in [-0.2, -0.15) is 0 Å². The molecule has 25 heavy (non-hydrogen) atoms. The maximum absolute atomic E-state index is 12.0. The summed E-state index contributed by atoms with van der Waals surface area (Å²) in [6.45, 7) is 4.23. The van der Waals surface area contributed by atoms with Gasteiger partial charge in [0.1, 0.15) is 0 Å². The lowest BCUT2D eigenvalue weighted by Crippen LogP contribution is -2.23. The average Bonchev–Trinajstić information content (AvgIpc) is 2.61. The molecule has 6 heteroatoms. The van der Waals surface area contributed by atoms with Gasteiger partial charge >= 0.3 is 0 Å². The molecule has 0 aliphatic rings. The van der Waals surface area contributed by atoms with Gasteiger partial charge in [0, 0.05) is 17.8 Å². The first-order valence-electron chi connectivity index (χ1n) is 7.99. The molecule has 2 aromatic rings. The van der Waals surface area contributed by atoms with Gasteiger partial charge in [-0.25, -0.2) is 0 Å². The third-order valence-corrected chi connectivity index (χ3v) is 3.45. The smallest absolute Gasteiger partial charge is 0.262 e. The molecule has 132 valence electrons. The first-order valence-corrected chi connectivity index (χ1v) is 7.99. The molecular weight excluding hydrogens is 320 g/mol. The van der Waals surface area contributed by atoms with Crippen molar-refractivity contribution in [1.29, 1.82) is 0 Å². The minimum Gasteiger partial charge on any atom is -0.493 e. The van der Waals surface area contributed by atoms with Crippen LogP contribution in [0.15, 0.2) is 42.5 Å². The second-order valence-corrected chi connectivity index (χ2v) is 5.43. The average molecular weight is 342 g/mol. The Hall–Kier alpha value is -3.02. The van der Waals surface area contributed by atoms with E-state index in [0.29, 0.717) is 29.3 Å². The number of aryl methyl sites for hydroxylation is 1. The number of benzene rings is 2. The highest BCUT2D eigenvalue weighted by Gasteiger charge is 2.09. The summed E-state index contributed by atoms with van der Waals surface area (Å²) >= 11 is 0. The van der Waals surface area contributed by atoms with E-state index in [0.717, 1.165) is 5.56 Å². The minimum atomic E-state index is -0.298. The number of hydrogen-bond acceptors (Lipinski definition) is 4. The van der Waals surface area contributed by atoms with Crippen molar-refractivity contribution in [3.05, 3.63) is 53.6 Å². The number of carbonyl (C=O) groups is 2. The van der Waals surface area contributed by atoms with E-state index < -0.39 is 0 Å². The summed E-state index contributed by atoms with van der Waals surface area (Å²) in [4.78, 5) is 23.7. The van der Waals surface area contributed by atoms with Crippen LogP contribution in [0.25, 0.3) is 0 Å². The van der Waals surface area contributed by atoms with Crippen molar-refractivity contribution in [1.82, 2.24) is 5.32 Å². The van der Waals surface area contributed by atoms with Gasteiger partial charge in [0.15, 0.2) is 18.1 Å². The number of carbonyl (C=O) groups excluding carboxylic acids is 2. The van der Waals surface area contributed by atoms with Crippen LogP contribution in [0.4, 0.5) is 5.69 Å². The maximum Gasteiger partial charge on any atom is 0.262 e. The van der Waals surface area contributed by atoms with Crippen LogP contribution >= 0.6 is 0 Å². The molecule has 0 aliphatic carbocycles. The van der Waals surface area contributed by atoms with Crippen LogP contribution in [0, 0.1) is 6.92 Å². The lowest BCUT2D eigenvalue weighted by Gasteiger charge is -2.11. The zero-order valence-corrected chi connectivity index (χ0v) is 14.6. The van der Waals surface area contributed by atoms with Gasteiger partial charge in [0.05, 0.1) is 7.11 Å². The Balaban J connectivity index is 1.91. The molecule has 0 saturated heterocycles. The van der Waals surface area contributed by atoms with Crippen LogP contribution in [-0.4, -0.2) is 32.1 Å². The molecule has 0 bridgehead atoms. The number of rotatable bonds is 7. The van der Waals surface area contributed by atoms with Crippen molar-refractivity contribution in [2.75, 3.05) is 25.6 Å². The van der Waals surface area contributed by atoms with Crippen molar-refractivity contribution >= 4 is 17.5 Å². The largest absolute Gasteiger partial charge is 0.493 e. The van der Waals surface area contributed by atoms with E-state index in [1.807, 2.05) is 26.0 Å². The van der Waals surface area contributed by atoms with Crippen LogP contribution in [0.1, 0.15) is 22.8 Å². The molecule has 2 amide bonds. The standard InChI is InChI=1S/C19H22N2O4/c1-4-20-19(23)14-6-8-15(9-7-14)21-18(22)12-25-16-10-5-13(2)11-17(16)24-3/h5-11H,4,12H2,1-3H3,(H,20,23)(H,21,22). The Labute approximate surface area is 147 Å². The fraction of sp³-hybridized carbons (Fsp3) is 0.263. The molecule has 2 rings (SSSR count). The Morgan fingerprint density at radius 1 is 1.04 bits per heavy atom. The number of hydrogen-bond donors (Lipinski definition) is 2. The second kappa shape index (κ2) is 8.73. The van der Waals surface area contributed by atoms with E-state index in [4.69, 9.17) is 9.47 Å². The quantitative estimate of drug-likeness (QED) is 0.811. The van der Waals surface area contributed by atoms with Crippen molar-refractivity contribution in [2.45, 2.75) is 13.8 Å². The molecule has 0 heterocycles. The minimum absolute atomic E-state index is 0.141. The van der Waals surface area contributed by atoms with Gasteiger partial charge in [-0.1, -0.05) is 6.07 Å². The van der Waals surface area contributed by atoms with Crippen molar-refractivity contribution in [3.63, 3.8) is 0 Å². The predicted octanol–water partition coefficient (Wildman–Crippen LogP) is 2.77. The number of anilines is 1. The molecule has 0 aliphatic heterocycles. The lowest BCUT2D eigenvalue weighted by molar-refractivity contribution is -0.118. The molecule has 0 fully saturated rings. The van der Waals surface area contributed by atoms with Gasteiger partial charge < -0.3 is 20.1 Å². The van der Waals surface area contributed by atoms with E-state index in [-0.39, 0.29) is 18.4 Å². The first-order chi connectivity index (χ1) is 12.0. The lowest BCUT2D eigenvalue weighted by atomic mass is 10.2. The zero-order valence-electron chi connectivity index (χ0n) is 14.6. The summed E-state index contributed by atoms with van der Waals surface area (Å²) in [6.07, 6.45) is 0. The monoisotopic (exact) mass is 342 g/mol. The second-order valence-electron chi connectivity index (χ2n) is 5.43. The normalized spacial score (nSPS) is 10.0. The summed E-state index contributed by atoms with van der Waals surface area (Å²) in [7, 11) is 1.55.